The standard InChI is InChI=1S/C16H16FNO/c1-10-6-11(2)8-14(7-10)18-16(19)13-4-5-15(17)12(3)9-13/h4-9H,1-3H3,(H,18,19). The molecule has 0 aliphatic rings. The third-order valence-corrected chi connectivity index (χ3v) is 2.90. The molecule has 0 bridgehead atoms. The lowest BCUT2D eigenvalue weighted by Crippen LogP contribution is -2.12. The van der Waals surface area contributed by atoms with Gasteiger partial charge in [-0.05, 0) is 67.8 Å². The van der Waals surface area contributed by atoms with Crippen molar-refractivity contribution in [1.29, 1.82) is 0 Å². The van der Waals surface area contributed by atoms with Gasteiger partial charge in [-0.3, -0.25) is 4.79 Å². The Morgan fingerprint density at radius 2 is 1.63 bits per heavy atom. The Bertz CT molecular complexity index is 614. The molecule has 0 aliphatic carbocycles. The van der Waals surface area contributed by atoms with Gasteiger partial charge in [0.15, 0.2) is 0 Å². The minimum absolute atomic E-state index is 0.229. The third kappa shape index (κ3) is 3.19. The van der Waals surface area contributed by atoms with Crippen LogP contribution < -0.4 is 5.32 Å². The van der Waals surface area contributed by atoms with Gasteiger partial charge in [-0.25, -0.2) is 4.39 Å². The van der Waals surface area contributed by atoms with Crippen LogP contribution in [0.2, 0.25) is 0 Å². The molecule has 2 nitrogen and oxygen atoms in total. The molecule has 0 aromatic heterocycles. The van der Waals surface area contributed by atoms with Gasteiger partial charge in [-0.15, -0.1) is 0 Å². The minimum Gasteiger partial charge on any atom is -0.322 e. The van der Waals surface area contributed by atoms with Crippen molar-refractivity contribution in [3.8, 4) is 0 Å². The van der Waals surface area contributed by atoms with Crippen LogP contribution in [0, 0.1) is 26.6 Å². The van der Waals surface area contributed by atoms with E-state index in [9.17, 15) is 9.18 Å². The van der Waals surface area contributed by atoms with E-state index in [1.54, 1.807) is 13.0 Å². The summed E-state index contributed by atoms with van der Waals surface area (Å²) in [4.78, 5) is 12.1. The van der Waals surface area contributed by atoms with Gasteiger partial charge in [0.05, 0.1) is 0 Å². The number of hydrogen-bond donors (Lipinski definition) is 1. The summed E-state index contributed by atoms with van der Waals surface area (Å²) in [6.07, 6.45) is 0. The number of benzene rings is 2. The molecule has 0 saturated carbocycles. The van der Waals surface area contributed by atoms with E-state index < -0.39 is 0 Å². The summed E-state index contributed by atoms with van der Waals surface area (Å²) in [6.45, 7) is 5.60. The van der Waals surface area contributed by atoms with E-state index in [4.69, 9.17) is 0 Å². The number of halogens is 1. The second kappa shape index (κ2) is 5.22. The van der Waals surface area contributed by atoms with Crippen LogP contribution in [0.3, 0.4) is 0 Å². The molecule has 0 aliphatic heterocycles. The van der Waals surface area contributed by atoms with Crippen LogP contribution in [0.15, 0.2) is 36.4 Å². The first kappa shape index (κ1) is 13.3. The van der Waals surface area contributed by atoms with E-state index in [-0.39, 0.29) is 11.7 Å². The topological polar surface area (TPSA) is 29.1 Å². The molecule has 1 N–H and O–H groups in total. The highest BCUT2D eigenvalue weighted by Gasteiger charge is 2.08. The number of nitrogens with one attached hydrogen (secondary N) is 1. The van der Waals surface area contributed by atoms with Crippen molar-refractivity contribution in [1.82, 2.24) is 0 Å². The molecule has 0 radical (unpaired) electrons. The van der Waals surface area contributed by atoms with Gasteiger partial charge < -0.3 is 5.32 Å². The van der Waals surface area contributed by atoms with Crippen LogP contribution in [-0.4, -0.2) is 5.91 Å². The third-order valence-electron chi connectivity index (χ3n) is 2.90. The smallest absolute Gasteiger partial charge is 0.255 e. The van der Waals surface area contributed by atoms with Crippen LogP contribution in [0.4, 0.5) is 10.1 Å². The fourth-order valence-electron chi connectivity index (χ4n) is 2.04. The highest BCUT2D eigenvalue weighted by Crippen LogP contribution is 2.16. The average Bonchev–Trinajstić information content (AvgIpc) is 2.31. The predicted molar refractivity (Wildman–Crippen MR) is 75.0 cm³/mol. The molecule has 0 fully saturated rings. The maximum Gasteiger partial charge on any atom is 0.255 e. The molecule has 3 heteroatoms. The molecule has 2 rings (SSSR count). The summed E-state index contributed by atoms with van der Waals surface area (Å²) in [5, 5.41) is 2.83. The van der Waals surface area contributed by atoms with Crippen molar-refractivity contribution >= 4 is 11.6 Å². The zero-order valence-corrected chi connectivity index (χ0v) is 11.3. The van der Waals surface area contributed by atoms with Gasteiger partial charge in [0.25, 0.3) is 5.91 Å². The van der Waals surface area contributed by atoms with Crippen LogP contribution in [0.25, 0.3) is 0 Å². The second-order valence-corrected chi connectivity index (χ2v) is 4.79. The Labute approximate surface area is 112 Å². The van der Waals surface area contributed by atoms with Gasteiger partial charge in [-0.1, -0.05) is 6.07 Å². The Kier molecular flexibility index (Phi) is 3.65. The number of rotatable bonds is 2. The SMILES string of the molecule is Cc1cc(C)cc(NC(=O)c2ccc(F)c(C)c2)c1. The minimum atomic E-state index is -0.303. The molecule has 0 unspecified atom stereocenters. The lowest BCUT2D eigenvalue weighted by Gasteiger charge is -2.08. The second-order valence-electron chi connectivity index (χ2n) is 4.79. The van der Waals surface area contributed by atoms with Crippen LogP contribution in [0.5, 0.6) is 0 Å². The van der Waals surface area contributed by atoms with Crippen LogP contribution in [-0.2, 0) is 0 Å². The Balaban J connectivity index is 2.22. The summed E-state index contributed by atoms with van der Waals surface area (Å²) >= 11 is 0. The van der Waals surface area contributed by atoms with Crippen molar-refractivity contribution in [2.75, 3.05) is 5.32 Å². The molecule has 19 heavy (non-hydrogen) atoms. The molecule has 2 aromatic carbocycles. The molecule has 0 atom stereocenters. The van der Waals surface area contributed by atoms with E-state index in [0.717, 1.165) is 16.8 Å². The first-order chi connectivity index (χ1) is 8.95. The van der Waals surface area contributed by atoms with Gasteiger partial charge in [0.2, 0.25) is 0 Å². The normalized spacial score (nSPS) is 10.3. The fourth-order valence-corrected chi connectivity index (χ4v) is 2.04. The lowest BCUT2D eigenvalue weighted by atomic mass is 10.1. The van der Waals surface area contributed by atoms with Gasteiger partial charge in [-0.2, -0.15) is 0 Å². The summed E-state index contributed by atoms with van der Waals surface area (Å²) in [5.74, 6) is -0.531. The van der Waals surface area contributed by atoms with Crippen LogP contribution >= 0.6 is 0 Å². The molecule has 0 heterocycles. The summed E-state index contributed by atoms with van der Waals surface area (Å²) in [6, 6.07) is 10.2. The highest BCUT2D eigenvalue weighted by molar-refractivity contribution is 6.04. The van der Waals surface area contributed by atoms with Crippen molar-refractivity contribution in [3.05, 3.63) is 64.5 Å². The first-order valence-electron chi connectivity index (χ1n) is 6.11. The Morgan fingerprint density at radius 1 is 1.00 bits per heavy atom. The van der Waals surface area contributed by atoms with E-state index >= 15 is 0 Å². The van der Waals surface area contributed by atoms with E-state index in [1.165, 1.54) is 12.1 Å². The molecule has 0 saturated heterocycles. The molecule has 0 spiro atoms. The zero-order valence-electron chi connectivity index (χ0n) is 11.3. The van der Waals surface area contributed by atoms with Crippen LogP contribution in [0.1, 0.15) is 27.0 Å². The molecule has 2 aromatic rings. The Hall–Kier alpha value is -2.16. The number of carbonyl (C=O) groups excluding carboxylic acids is 1. The van der Waals surface area contributed by atoms with Crippen molar-refractivity contribution < 1.29 is 9.18 Å². The van der Waals surface area contributed by atoms with Gasteiger partial charge in [0, 0.05) is 11.3 Å². The number of carbonyl (C=O) groups is 1. The van der Waals surface area contributed by atoms with Gasteiger partial charge in [0.1, 0.15) is 5.82 Å². The van der Waals surface area contributed by atoms with E-state index in [0.29, 0.717) is 11.1 Å². The monoisotopic (exact) mass is 257 g/mol. The number of anilines is 1. The summed E-state index contributed by atoms with van der Waals surface area (Å²) < 4.78 is 13.2. The van der Waals surface area contributed by atoms with Crippen molar-refractivity contribution in [2.45, 2.75) is 20.8 Å². The van der Waals surface area contributed by atoms with Crippen molar-refractivity contribution in [2.24, 2.45) is 0 Å². The molecular weight excluding hydrogens is 241 g/mol. The van der Waals surface area contributed by atoms with Gasteiger partial charge >= 0.3 is 0 Å². The predicted octanol–water partition coefficient (Wildman–Crippen LogP) is 4.00. The zero-order chi connectivity index (χ0) is 14.0. The summed E-state index contributed by atoms with van der Waals surface area (Å²) in [7, 11) is 0. The van der Waals surface area contributed by atoms with E-state index in [1.807, 2.05) is 32.0 Å². The number of amides is 1. The molecular formula is C16H16FNO. The first-order valence-corrected chi connectivity index (χ1v) is 6.11. The largest absolute Gasteiger partial charge is 0.322 e. The molecule has 1 amide bonds. The summed E-state index contributed by atoms with van der Waals surface area (Å²) in [5.41, 5.74) is 3.85. The highest BCUT2D eigenvalue weighted by atomic mass is 19.1. The number of hydrogen-bond acceptors (Lipinski definition) is 1. The fraction of sp³-hybridized carbons (Fsp3) is 0.188. The quantitative estimate of drug-likeness (QED) is 0.865. The maximum absolute atomic E-state index is 13.2. The maximum atomic E-state index is 13.2. The number of aryl methyl sites for hydroxylation is 3. The lowest BCUT2D eigenvalue weighted by molar-refractivity contribution is 0.102. The van der Waals surface area contributed by atoms with Crippen molar-refractivity contribution in [3.63, 3.8) is 0 Å². The molecule has 98 valence electrons. The Morgan fingerprint density at radius 3 is 2.21 bits per heavy atom. The van der Waals surface area contributed by atoms with E-state index in [2.05, 4.69) is 5.32 Å². The average molecular weight is 257 g/mol.